The summed E-state index contributed by atoms with van der Waals surface area (Å²) in [4.78, 5) is 16.1. The van der Waals surface area contributed by atoms with Crippen LogP contribution in [0, 0.1) is 6.92 Å². The van der Waals surface area contributed by atoms with Gasteiger partial charge >= 0.3 is 0 Å². The van der Waals surface area contributed by atoms with Gasteiger partial charge in [-0.15, -0.1) is 0 Å². The molecule has 35 heavy (non-hydrogen) atoms. The molecule has 0 unspecified atom stereocenters. The molecule has 0 saturated carbocycles. The summed E-state index contributed by atoms with van der Waals surface area (Å²) in [6.07, 6.45) is 2.23. The number of halogens is 1. The fraction of sp³-hybridized carbons (Fsp3) is 0.130. The second kappa shape index (κ2) is 11.0. The number of anilines is 4. The fourth-order valence-corrected chi connectivity index (χ4v) is 4.13. The molecule has 0 fully saturated rings. The van der Waals surface area contributed by atoms with E-state index >= 15 is 0 Å². The van der Waals surface area contributed by atoms with Crippen LogP contribution >= 0.6 is 11.6 Å². The van der Waals surface area contributed by atoms with Crippen molar-refractivity contribution in [3.63, 3.8) is 0 Å². The predicted octanol–water partition coefficient (Wildman–Crippen LogP) is 3.69. The van der Waals surface area contributed by atoms with E-state index in [1.165, 1.54) is 30.5 Å². The van der Waals surface area contributed by atoms with Crippen LogP contribution in [0.1, 0.15) is 18.3 Å². The summed E-state index contributed by atoms with van der Waals surface area (Å²) in [7, 11) is -3.68. The molecule has 10 nitrogen and oxygen atoms in total. The molecule has 0 radical (unpaired) electrons. The van der Waals surface area contributed by atoms with Gasteiger partial charge in [-0.05, 0) is 61.4 Å². The zero-order valence-corrected chi connectivity index (χ0v) is 20.7. The van der Waals surface area contributed by atoms with Gasteiger partial charge in [0.15, 0.2) is 0 Å². The number of rotatable bonds is 5. The predicted molar refractivity (Wildman–Crippen MR) is 139 cm³/mol. The number of aryl methyl sites for hydroxylation is 2. The first-order valence-corrected chi connectivity index (χ1v) is 12.3. The molecule has 2 aromatic carbocycles. The Hall–Kier alpha value is -3.96. The second-order valence-electron chi connectivity index (χ2n) is 7.35. The molecule has 7 N–H and O–H groups in total. The normalized spacial score (nSPS) is 10.8. The Bertz CT molecular complexity index is 1410. The number of sulfonamides is 1. The molecule has 12 heteroatoms. The molecule has 4 aromatic rings. The van der Waals surface area contributed by atoms with Gasteiger partial charge in [0.05, 0.1) is 10.6 Å². The van der Waals surface area contributed by atoms with Crippen molar-refractivity contribution in [2.75, 3.05) is 21.9 Å². The van der Waals surface area contributed by atoms with Crippen molar-refractivity contribution in [1.29, 1.82) is 0 Å². The first-order valence-electron chi connectivity index (χ1n) is 10.4. The van der Waals surface area contributed by atoms with Crippen LogP contribution in [0.4, 0.5) is 23.4 Å². The molecule has 2 aromatic heterocycles. The summed E-state index contributed by atoms with van der Waals surface area (Å²) >= 11 is 5.86. The van der Waals surface area contributed by atoms with Gasteiger partial charge in [0.25, 0.3) is 10.0 Å². The first-order chi connectivity index (χ1) is 16.6. The highest BCUT2D eigenvalue weighted by Crippen LogP contribution is 2.29. The molecule has 0 aliphatic carbocycles. The van der Waals surface area contributed by atoms with E-state index in [9.17, 15) is 8.42 Å². The molecule has 0 atom stereocenters. The van der Waals surface area contributed by atoms with Crippen LogP contribution in [0.5, 0.6) is 0 Å². The molecule has 0 spiro atoms. The molecule has 4 rings (SSSR count). The highest BCUT2D eigenvalue weighted by molar-refractivity contribution is 7.92. The van der Waals surface area contributed by atoms with Crippen LogP contribution in [0.2, 0.25) is 5.02 Å². The molecule has 2 heterocycles. The maximum Gasteiger partial charge on any atom is 0.264 e. The molecular weight excluding hydrogens is 488 g/mol. The zero-order valence-electron chi connectivity index (χ0n) is 19.1. The van der Waals surface area contributed by atoms with Gasteiger partial charge < -0.3 is 17.2 Å². The molecular formula is C23H25ClN8O2S. The molecule has 0 amide bonds. The van der Waals surface area contributed by atoms with E-state index < -0.39 is 10.0 Å². The summed E-state index contributed by atoms with van der Waals surface area (Å²) in [6.45, 7) is 3.75. The zero-order chi connectivity index (χ0) is 25.6. The Morgan fingerprint density at radius 2 is 1.57 bits per heavy atom. The minimum atomic E-state index is -3.68. The van der Waals surface area contributed by atoms with Gasteiger partial charge in [-0.1, -0.05) is 30.7 Å². The Kier molecular flexibility index (Phi) is 8.05. The van der Waals surface area contributed by atoms with E-state index in [0.717, 1.165) is 23.2 Å². The lowest BCUT2D eigenvalue weighted by atomic mass is 10.0. The van der Waals surface area contributed by atoms with E-state index in [-0.39, 0.29) is 16.8 Å². The lowest BCUT2D eigenvalue weighted by Crippen LogP contribution is -2.15. The average Bonchev–Trinajstić information content (AvgIpc) is 2.80. The summed E-state index contributed by atoms with van der Waals surface area (Å²) < 4.78 is 26.3. The number of nitrogens with zero attached hydrogens (tertiary/aromatic N) is 4. The number of nitrogen functional groups attached to an aromatic ring is 3. The van der Waals surface area contributed by atoms with Crippen molar-refractivity contribution in [2.24, 2.45) is 0 Å². The molecule has 0 bridgehead atoms. The minimum Gasteiger partial charge on any atom is -0.399 e. The molecule has 0 saturated heterocycles. The molecule has 182 valence electrons. The SMILES string of the molecule is CCc1nc(N)nc(N)c1-c1ccc(Cl)cc1.Cc1ccnc(NS(=O)(=O)c2ccc(N)cc2)n1. The van der Waals surface area contributed by atoms with Gasteiger partial charge in [0.1, 0.15) is 5.82 Å². The maximum absolute atomic E-state index is 12.0. The maximum atomic E-state index is 12.0. The standard InChI is InChI=1S/C12H13ClN4.C11H12N4O2S/c1-2-9-10(11(14)17-12(15)16-9)7-3-5-8(13)6-4-7;1-8-6-7-13-11(14-8)15-18(16,17)10-4-2-9(12)3-5-10/h3-6H,2H2,1H3,(H4,14,15,16,17);2-7H,12H2,1H3,(H,13,14,15). The quantitative estimate of drug-likeness (QED) is 0.290. The van der Waals surface area contributed by atoms with E-state index in [4.69, 9.17) is 28.8 Å². The van der Waals surface area contributed by atoms with Crippen LogP contribution in [0.3, 0.4) is 0 Å². The van der Waals surface area contributed by atoms with E-state index in [2.05, 4.69) is 24.7 Å². The Labute approximate surface area is 208 Å². The van der Waals surface area contributed by atoms with Gasteiger partial charge in [-0.2, -0.15) is 4.98 Å². The van der Waals surface area contributed by atoms with Crippen molar-refractivity contribution >= 4 is 45.0 Å². The third kappa shape index (κ3) is 6.78. The minimum absolute atomic E-state index is 0.0480. The summed E-state index contributed by atoms with van der Waals surface area (Å²) in [5.74, 6) is 0.653. The molecule has 0 aliphatic rings. The highest BCUT2D eigenvalue weighted by Gasteiger charge is 2.15. The lowest BCUT2D eigenvalue weighted by molar-refractivity contribution is 0.601. The summed E-state index contributed by atoms with van der Waals surface area (Å²) in [6, 6.07) is 15.0. The van der Waals surface area contributed by atoms with E-state index in [1.54, 1.807) is 13.0 Å². The average molecular weight is 513 g/mol. The Balaban J connectivity index is 0.000000196. The van der Waals surface area contributed by atoms with Gasteiger partial charge in [0, 0.05) is 28.2 Å². The Morgan fingerprint density at radius 1 is 0.914 bits per heavy atom. The van der Waals surface area contributed by atoms with Crippen LogP contribution in [-0.2, 0) is 16.4 Å². The van der Waals surface area contributed by atoms with Crippen LogP contribution < -0.4 is 21.9 Å². The van der Waals surface area contributed by atoms with Gasteiger partial charge in [0.2, 0.25) is 11.9 Å². The van der Waals surface area contributed by atoms with Crippen molar-refractivity contribution in [3.8, 4) is 11.1 Å². The van der Waals surface area contributed by atoms with Crippen LogP contribution in [0.25, 0.3) is 11.1 Å². The molecule has 0 aliphatic heterocycles. The van der Waals surface area contributed by atoms with Gasteiger partial charge in [-0.25, -0.2) is 28.1 Å². The van der Waals surface area contributed by atoms with E-state index in [0.29, 0.717) is 22.2 Å². The Morgan fingerprint density at radius 3 is 2.17 bits per heavy atom. The third-order valence-electron chi connectivity index (χ3n) is 4.71. The summed E-state index contributed by atoms with van der Waals surface area (Å²) in [5, 5.41) is 0.682. The largest absolute Gasteiger partial charge is 0.399 e. The smallest absolute Gasteiger partial charge is 0.264 e. The van der Waals surface area contributed by atoms with Gasteiger partial charge in [-0.3, -0.25) is 0 Å². The number of nitrogens with two attached hydrogens (primary N) is 3. The van der Waals surface area contributed by atoms with Crippen molar-refractivity contribution < 1.29 is 8.42 Å². The van der Waals surface area contributed by atoms with E-state index in [1.807, 2.05) is 31.2 Å². The number of aromatic nitrogens is 4. The lowest BCUT2D eigenvalue weighted by Gasteiger charge is -2.10. The van der Waals surface area contributed by atoms with Crippen molar-refractivity contribution in [2.45, 2.75) is 25.2 Å². The number of nitrogens with one attached hydrogen (secondary N) is 1. The highest BCUT2D eigenvalue weighted by atomic mass is 35.5. The second-order valence-corrected chi connectivity index (χ2v) is 9.46. The number of hydrogen-bond donors (Lipinski definition) is 4. The number of benzene rings is 2. The monoisotopic (exact) mass is 512 g/mol. The summed E-state index contributed by atoms with van der Waals surface area (Å²) in [5.41, 5.74) is 20.8. The topological polar surface area (TPSA) is 176 Å². The van der Waals surface area contributed by atoms with Crippen molar-refractivity contribution in [1.82, 2.24) is 19.9 Å². The van der Waals surface area contributed by atoms with Crippen LogP contribution in [0.15, 0.2) is 65.7 Å². The first kappa shape index (κ1) is 25.7. The van der Waals surface area contributed by atoms with Crippen LogP contribution in [-0.4, -0.2) is 28.4 Å². The van der Waals surface area contributed by atoms with Crippen molar-refractivity contribution in [3.05, 3.63) is 77.2 Å². The number of hydrogen-bond acceptors (Lipinski definition) is 9. The third-order valence-corrected chi connectivity index (χ3v) is 6.30. The fourth-order valence-electron chi connectivity index (χ4n) is 3.06.